The van der Waals surface area contributed by atoms with Gasteiger partial charge in [-0.2, -0.15) is 0 Å². The van der Waals surface area contributed by atoms with Crippen molar-refractivity contribution in [1.82, 2.24) is 10.3 Å². The van der Waals surface area contributed by atoms with Crippen LogP contribution in [-0.2, 0) is 11.2 Å². The number of hydrogen-bond donors (Lipinski definition) is 2. The van der Waals surface area contributed by atoms with Crippen LogP contribution in [0.4, 0.5) is 0 Å². The molecule has 3 N–H and O–H groups in total. The van der Waals surface area contributed by atoms with E-state index in [2.05, 4.69) is 10.3 Å². The Balaban J connectivity index is 2.60. The van der Waals surface area contributed by atoms with Gasteiger partial charge in [0.25, 0.3) is 0 Å². The van der Waals surface area contributed by atoms with Gasteiger partial charge in [0, 0.05) is 19.2 Å². The Labute approximate surface area is 101 Å². The highest BCUT2D eigenvalue weighted by Crippen LogP contribution is 2.17. The molecule has 0 aliphatic carbocycles. The summed E-state index contributed by atoms with van der Waals surface area (Å²) in [5, 5.41) is 2.55. The van der Waals surface area contributed by atoms with E-state index in [1.54, 1.807) is 7.05 Å². The quantitative estimate of drug-likeness (QED) is 0.751. The van der Waals surface area contributed by atoms with Crippen molar-refractivity contribution in [3.63, 3.8) is 0 Å². The number of nitrogens with one attached hydrogen (secondary N) is 1. The van der Waals surface area contributed by atoms with Crippen LogP contribution in [0, 0.1) is 6.92 Å². The third-order valence-corrected chi connectivity index (χ3v) is 2.32. The molecule has 1 heterocycles. The molecule has 1 aromatic rings. The van der Waals surface area contributed by atoms with Crippen molar-refractivity contribution < 1.29 is 9.53 Å². The summed E-state index contributed by atoms with van der Waals surface area (Å²) in [6.07, 6.45) is 1.02. The molecular formula is C12H19N3O2. The third-order valence-electron chi connectivity index (χ3n) is 2.32. The Kier molecular flexibility index (Phi) is 5.42. The number of aryl methyl sites for hydroxylation is 1. The minimum absolute atomic E-state index is 0.0366. The summed E-state index contributed by atoms with van der Waals surface area (Å²) in [5.74, 6) is 0.676. The molecule has 0 fully saturated rings. The first kappa shape index (κ1) is 13.4. The number of rotatable bonds is 6. The zero-order valence-corrected chi connectivity index (χ0v) is 10.3. The number of pyridine rings is 1. The lowest BCUT2D eigenvalue weighted by atomic mass is 10.2. The molecule has 5 nitrogen and oxygen atoms in total. The van der Waals surface area contributed by atoms with Gasteiger partial charge in [0.05, 0.1) is 18.7 Å². The smallest absolute Gasteiger partial charge is 0.223 e. The minimum atomic E-state index is -0.0366. The zero-order chi connectivity index (χ0) is 12.7. The Morgan fingerprint density at radius 3 is 2.94 bits per heavy atom. The van der Waals surface area contributed by atoms with Gasteiger partial charge in [0.15, 0.2) is 0 Å². The average molecular weight is 237 g/mol. The number of carbonyl (C=O) groups is 1. The molecule has 0 saturated carbocycles. The Bertz CT molecular complexity index is 380. The van der Waals surface area contributed by atoms with E-state index in [0.717, 1.165) is 11.4 Å². The molecule has 0 spiro atoms. The molecule has 94 valence electrons. The lowest BCUT2D eigenvalue weighted by Gasteiger charge is -2.10. The average Bonchev–Trinajstić information content (AvgIpc) is 2.32. The molecule has 0 aliphatic heterocycles. The highest BCUT2D eigenvalue weighted by molar-refractivity contribution is 5.75. The maximum Gasteiger partial charge on any atom is 0.223 e. The predicted molar refractivity (Wildman–Crippen MR) is 65.9 cm³/mol. The number of amides is 1. The van der Waals surface area contributed by atoms with Crippen LogP contribution >= 0.6 is 0 Å². The summed E-state index contributed by atoms with van der Waals surface area (Å²) in [4.78, 5) is 15.4. The van der Waals surface area contributed by atoms with Gasteiger partial charge in [-0.3, -0.25) is 9.78 Å². The maximum atomic E-state index is 11.0. The summed E-state index contributed by atoms with van der Waals surface area (Å²) in [7, 11) is 1.61. The van der Waals surface area contributed by atoms with Crippen LogP contribution in [0.15, 0.2) is 12.1 Å². The standard InChI is InChI=1S/C12H19N3O2/c1-9-3-4-11(10(15-9)5-7-13)17-8-6-12(16)14-2/h3-4H,5-8,13H2,1-2H3,(H,14,16). The summed E-state index contributed by atoms with van der Waals surface area (Å²) in [6, 6.07) is 3.76. The normalized spacial score (nSPS) is 10.1. The molecule has 0 aromatic carbocycles. The van der Waals surface area contributed by atoms with Gasteiger partial charge in [-0.25, -0.2) is 0 Å². The van der Waals surface area contributed by atoms with E-state index in [4.69, 9.17) is 10.5 Å². The number of aromatic nitrogens is 1. The van der Waals surface area contributed by atoms with Crippen molar-refractivity contribution >= 4 is 5.91 Å². The monoisotopic (exact) mass is 237 g/mol. The SMILES string of the molecule is CNC(=O)CCOc1ccc(C)nc1CCN. The van der Waals surface area contributed by atoms with Gasteiger partial charge >= 0.3 is 0 Å². The number of nitrogens with zero attached hydrogens (tertiary/aromatic N) is 1. The molecule has 0 bridgehead atoms. The van der Waals surface area contributed by atoms with E-state index in [1.807, 2.05) is 19.1 Å². The molecule has 5 heteroatoms. The fourth-order valence-electron chi connectivity index (χ4n) is 1.42. The van der Waals surface area contributed by atoms with Crippen LogP contribution in [0.25, 0.3) is 0 Å². The summed E-state index contributed by atoms with van der Waals surface area (Å²) < 4.78 is 5.54. The molecule has 1 aromatic heterocycles. The Morgan fingerprint density at radius 1 is 1.53 bits per heavy atom. The lowest BCUT2D eigenvalue weighted by Crippen LogP contribution is -2.20. The molecule has 1 rings (SSSR count). The van der Waals surface area contributed by atoms with Gasteiger partial charge in [-0.05, 0) is 25.6 Å². The molecule has 0 radical (unpaired) electrons. The second kappa shape index (κ2) is 6.85. The highest BCUT2D eigenvalue weighted by Gasteiger charge is 2.06. The second-order valence-electron chi connectivity index (χ2n) is 3.71. The minimum Gasteiger partial charge on any atom is -0.491 e. The van der Waals surface area contributed by atoms with E-state index in [1.165, 1.54) is 0 Å². The van der Waals surface area contributed by atoms with Gasteiger partial charge in [0.2, 0.25) is 5.91 Å². The molecule has 0 atom stereocenters. The lowest BCUT2D eigenvalue weighted by molar-refractivity contribution is -0.121. The van der Waals surface area contributed by atoms with Gasteiger partial charge in [0.1, 0.15) is 5.75 Å². The fraction of sp³-hybridized carbons (Fsp3) is 0.500. The molecule has 0 aliphatic rings. The van der Waals surface area contributed by atoms with E-state index < -0.39 is 0 Å². The van der Waals surface area contributed by atoms with Gasteiger partial charge in [-0.15, -0.1) is 0 Å². The van der Waals surface area contributed by atoms with Crippen molar-refractivity contribution in [3.05, 3.63) is 23.5 Å². The second-order valence-corrected chi connectivity index (χ2v) is 3.71. The first-order valence-corrected chi connectivity index (χ1v) is 5.67. The third kappa shape index (κ3) is 4.40. The van der Waals surface area contributed by atoms with Crippen molar-refractivity contribution in [1.29, 1.82) is 0 Å². The molecule has 1 amide bonds. The first-order chi connectivity index (χ1) is 8.17. The highest BCUT2D eigenvalue weighted by atomic mass is 16.5. The molecule has 0 saturated heterocycles. The van der Waals surface area contributed by atoms with Crippen LogP contribution in [0.5, 0.6) is 5.75 Å². The van der Waals surface area contributed by atoms with E-state index in [-0.39, 0.29) is 5.91 Å². The van der Waals surface area contributed by atoms with Crippen molar-refractivity contribution in [2.75, 3.05) is 20.2 Å². The summed E-state index contributed by atoms with van der Waals surface area (Å²) >= 11 is 0. The Hall–Kier alpha value is -1.62. The molecule has 17 heavy (non-hydrogen) atoms. The van der Waals surface area contributed by atoms with Crippen molar-refractivity contribution in [2.45, 2.75) is 19.8 Å². The van der Waals surface area contributed by atoms with Crippen LogP contribution in [0.1, 0.15) is 17.8 Å². The summed E-state index contributed by atoms with van der Waals surface area (Å²) in [5.41, 5.74) is 7.31. The zero-order valence-electron chi connectivity index (χ0n) is 10.3. The first-order valence-electron chi connectivity index (χ1n) is 5.67. The molecular weight excluding hydrogens is 218 g/mol. The van der Waals surface area contributed by atoms with Crippen molar-refractivity contribution in [2.24, 2.45) is 5.73 Å². The topological polar surface area (TPSA) is 77.2 Å². The van der Waals surface area contributed by atoms with E-state index >= 15 is 0 Å². The Morgan fingerprint density at radius 2 is 2.29 bits per heavy atom. The van der Waals surface area contributed by atoms with Crippen LogP contribution < -0.4 is 15.8 Å². The van der Waals surface area contributed by atoms with Crippen LogP contribution in [0.2, 0.25) is 0 Å². The van der Waals surface area contributed by atoms with E-state index in [9.17, 15) is 4.79 Å². The summed E-state index contributed by atoms with van der Waals surface area (Å²) in [6.45, 7) is 2.80. The largest absolute Gasteiger partial charge is 0.491 e. The number of ether oxygens (including phenoxy) is 1. The predicted octanol–water partition coefficient (Wildman–Crippen LogP) is 0.406. The maximum absolute atomic E-state index is 11.0. The number of nitrogens with two attached hydrogens (primary N) is 1. The van der Waals surface area contributed by atoms with Gasteiger partial charge in [-0.1, -0.05) is 0 Å². The van der Waals surface area contributed by atoms with Gasteiger partial charge < -0.3 is 15.8 Å². The van der Waals surface area contributed by atoms with Crippen LogP contribution in [-0.4, -0.2) is 31.1 Å². The van der Waals surface area contributed by atoms with Crippen LogP contribution in [0.3, 0.4) is 0 Å². The molecule has 0 unspecified atom stereocenters. The van der Waals surface area contributed by atoms with Crippen molar-refractivity contribution in [3.8, 4) is 5.75 Å². The fourth-order valence-corrected chi connectivity index (χ4v) is 1.42. The van der Waals surface area contributed by atoms with E-state index in [0.29, 0.717) is 31.7 Å². The number of carbonyl (C=O) groups excluding carboxylic acids is 1. The number of hydrogen-bond acceptors (Lipinski definition) is 4.